The van der Waals surface area contributed by atoms with Crippen LogP contribution in [0.4, 0.5) is 0 Å². The molecule has 6 aromatic rings. The SMILES string of the molecule is NN=NC=NCCn1cc(-c2ccc3ncccc3c2)c(=O)n2nc(-c3ccccc3)c(-c3ccccc3)c12. The summed E-state index contributed by atoms with van der Waals surface area (Å²) in [5, 5.41) is 12.7. The predicted molar refractivity (Wildman–Crippen MR) is 153 cm³/mol. The van der Waals surface area contributed by atoms with Crippen LogP contribution >= 0.6 is 0 Å². The first kappa shape index (κ1) is 23.9. The lowest BCUT2D eigenvalue weighted by molar-refractivity contribution is 0.701. The van der Waals surface area contributed by atoms with Crippen molar-refractivity contribution >= 4 is 22.9 Å². The van der Waals surface area contributed by atoms with E-state index < -0.39 is 0 Å². The summed E-state index contributed by atoms with van der Waals surface area (Å²) in [6, 6.07) is 29.6. The van der Waals surface area contributed by atoms with Crippen LogP contribution in [0.15, 0.2) is 124 Å². The zero-order valence-corrected chi connectivity index (χ0v) is 20.9. The van der Waals surface area contributed by atoms with E-state index >= 15 is 0 Å². The molecule has 2 N–H and O–H groups in total. The van der Waals surface area contributed by atoms with E-state index in [1.165, 1.54) is 10.9 Å². The quantitative estimate of drug-likeness (QED) is 0.101. The molecule has 0 atom stereocenters. The molecule has 0 aliphatic rings. The highest BCUT2D eigenvalue weighted by atomic mass is 16.1. The first-order chi connectivity index (χ1) is 19.2. The van der Waals surface area contributed by atoms with Gasteiger partial charge in [-0.1, -0.05) is 78.0 Å². The fourth-order valence-electron chi connectivity index (χ4n) is 4.77. The van der Waals surface area contributed by atoms with E-state index in [9.17, 15) is 4.79 Å². The molecule has 0 fully saturated rings. The van der Waals surface area contributed by atoms with Crippen LogP contribution in [0.5, 0.6) is 0 Å². The second-order valence-electron chi connectivity index (χ2n) is 8.90. The fraction of sp³-hybridized carbons (Fsp3) is 0.0667. The molecule has 0 radical (unpaired) electrons. The number of nitrogens with two attached hydrogens (primary N) is 1. The van der Waals surface area contributed by atoms with Crippen LogP contribution in [0.25, 0.3) is 50.1 Å². The molecule has 39 heavy (non-hydrogen) atoms. The molecule has 0 unspecified atom stereocenters. The molecule has 3 heterocycles. The lowest BCUT2D eigenvalue weighted by Gasteiger charge is -2.13. The van der Waals surface area contributed by atoms with Gasteiger partial charge in [0.15, 0.2) is 0 Å². The van der Waals surface area contributed by atoms with Gasteiger partial charge < -0.3 is 10.4 Å². The van der Waals surface area contributed by atoms with E-state index in [4.69, 9.17) is 10.9 Å². The number of hydrogen-bond donors (Lipinski definition) is 1. The maximum Gasteiger partial charge on any atom is 0.282 e. The van der Waals surface area contributed by atoms with Crippen molar-refractivity contribution in [2.75, 3.05) is 6.54 Å². The second-order valence-corrected chi connectivity index (χ2v) is 8.90. The van der Waals surface area contributed by atoms with Gasteiger partial charge in [0, 0.05) is 29.9 Å². The molecule has 0 aliphatic heterocycles. The Kier molecular flexibility index (Phi) is 6.45. The van der Waals surface area contributed by atoms with Gasteiger partial charge >= 0.3 is 0 Å². The van der Waals surface area contributed by atoms with Crippen molar-refractivity contribution in [3.8, 4) is 33.5 Å². The van der Waals surface area contributed by atoms with E-state index in [-0.39, 0.29) is 5.56 Å². The Labute approximate surface area is 223 Å². The zero-order valence-electron chi connectivity index (χ0n) is 20.9. The lowest BCUT2D eigenvalue weighted by atomic mass is 10.0. The van der Waals surface area contributed by atoms with Gasteiger partial charge in [-0.15, -0.1) is 5.11 Å². The molecule has 0 spiro atoms. The summed E-state index contributed by atoms with van der Waals surface area (Å²) in [5.41, 5.74) is 6.15. The van der Waals surface area contributed by atoms with Crippen LogP contribution < -0.4 is 11.4 Å². The molecule has 0 aliphatic carbocycles. The van der Waals surface area contributed by atoms with Crippen molar-refractivity contribution in [2.24, 2.45) is 21.2 Å². The Morgan fingerprint density at radius 2 is 1.64 bits per heavy atom. The summed E-state index contributed by atoms with van der Waals surface area (Å²) in [4.78, 5) is 22.8. The molecule has 0 amide bonds. The van der Waals surface area contributed by atoms with Crippen LogP contribution in [0.2, 0.25) is 0 Å². The molecule has 6 rings (SSSR count). The molecule has 190 valence electrons. The van der Waals surface area contributed by atoms with Crippen LogP contribution in [0, 0.1) is 0 Å². The number of nitrogens with zero attached hydrogens (tertiary/aromatic N) is 7. The van der Waals surface area contributed by atoms with E-state index in [1.807, 2.05) is 102 Å². The van der Waals surface area contributed by atoms with Crippen LogP contribution in [0.1, 0.15) is 0 Å². The Hall–Kier alpha value is -5.44. The number of rotatable bonds is 7. The Bertz CT molecular complexity index is 1890. The zero-order chi connectivity index (χ0) is 26.6. The molecular weight excluding hydrogens is 488 g/mol. The molecule has 3 aromatic heterocycles. The minimum atomic E-state index is -0.204. The Morgan fingerprint density at radius 3 is 2.41 bits per heavy atom. The molecule has 0 saturated carbocycles. The maximum absolute atomic E-state index is 14.1. The van der Waals surface area contributed by atoms with E-state index in [0.717, 1.165) is 38.9 Å². The van der Waals surface area contributed by atoms with Crippen LogP contribution in [-0.2, 0) is 6.54 Å². The highest BCUT2D eigenvalue weighted by Gasteiger charge is 2.22. The number of benzene rings is 3. The predicted octanol–water partition coefficient (Wildman–Crippen LogP) is 5.40. The molecule has 0 bridgehead atoms. The average molecular weight is 513 g/mol. The van der Waals surface area contributed by atoms with Gasteiger partial charge in [-0.3, -0.25) is 14.8 Å². The Morgan fingerprint density at radius 1 is 0.872 bits per heavy atom. The maximum atomic E-state index is 14.1. The molecule has 9 nitrogen and oxygen atoms in total. The van der Waals surface area contributed by atoms with Crippen molar-refractivity contribution < 1.29 is 0 Å². The largest absolute Gasteiger partial charge is 0.330 e. The highest BCUT2D eigenvalue weighted by molar-refractivity contribution is 5.91. The topological polar surface area (TPSA) is 115 Å². The number of hydrogen-bond acceptors (Lipinski definition) is 5. The third kappa shape index (κ3) is 4.57. The number of fused-ring (bicyclic) bond motifs is 2. The van der Waals surface area contributed by atoms with Crippen LogP contribution in [-0.4, -0.2) is 32.0 Å². The van der Waals surface area contributed by atoms with Crippen molar-refractivity contribution in [1.82, 2.24) is 19.2 Å². The van der Waals surface area contributed by atoms with Crippen molar-refractivity contribution in [1.29, 1.82) is 0 Å². The van der Waals surface area contributed by atoms with E-state index in [1.54, 1.807) is 6.20 Å². The van der Waals surface area contributed by atoms with Gasteiger partial charge in [-0.05, 0) is 29.3 Å². The van der Waals surface area contributed by atoms with Crippen LogP contribution in [0.3, 0.4) is 0 Å². The second kappa shape index (κ2) is 10.5. The number of aromatic nitrogens is 4. The van der Waals surface area contributed by atoms with E-state index in [0.29, 0.717) is 24.3 Å². The van der Waals surface area contributed by atoms with Gasteiger partial charge in [-0.2, -0.15) is 9.61 Å². The van der Waals surface area contributed by atoms with Crippen molar-refractivity contribution in [3.63, 3.8) is 0 Å². The normalized spacial score (nSPS) is 11.8. The number of aliphatic imine (C=N–C) groups is 1. The minimum absolute atomic E-state index is 0.204. The summed E-state index contributed by atoms with van der Waals surface area (Å²) in [6.45, 7) is 0.876. The van der Waals surface area contributed by atoms with Gasteiger partial charge in [0.05, 0.1) is 23.2 Å². The van der Waals surface area contributed by atoms with Crippen molar-refractivity contribution in [3.05, 3.63) is 114 Å². The summed E-state index contributed by atoms with van der Waals surface area (Å²) in [6.07, 6.45) is 4.96. The van der Waals surface area contributed by atoms with Gasteiger partial charge in [0.1, 0.15) is 17.7 Å². The summed E-state index contributed by atoms with van der Waals surface area (Å²) >= 11 is 0. The molecular formula is C30H24N8O. The third-order valence-corrected chi connectivity index (χ3v) is 6.53. The lowest BCUT2D eigenvalue weighted by Crippen LogP contribution is -2.21. The van der Waals surface area contributed by atoms with E-state index in [2.05, 4.69) is 20.3 Å². The van der Waals surface area contributed by atoms with Gasteiger partial charge in [0.2, 0.25) is 0 Å². The first-order valence-electron chi connectivity index (χ1n) is 12.4. The monoisotopic (exact) mass is 512 g/mol. The third-order valence-electron chi connectivity index (χ3n) is 6.53. The standard InChI is InChI=1S/C30H24N8O/c31-36-34-20-32-16-17-37-19-25(23-13-14-26-24(18-23)12-7-15-33-26)30(39)38-29(37)27(21-8-3-1-4-9-21)28(35-38)22-10-5-2-6-11-22/h1-15,18-20H,16-17H2,(H2,31,32,34). The minimum Gasteiger partial charge on any atom is -0.330 e. The molecule has 0 saturated heterocycles. The number of pyridine rings is 1. The van der Waals surface area contributed by atoms with Crippen molar-refractivity contribution in [2.45, 2.75) is 6.54 Å². The average Bonchev–Trinajstić information content (AvgIpc) is 3.40. The summed E-state index contributed by atoms with van der Waals surface area (Å²) in [5.74, 6) is 5.09. The highest BCUT2D eigenvalue weighted by Crippen LogP contribution is 2.35. The summed E-state index contributed by atoms with van der Waals surface area (Å²) in [7, 11) is 0. The smallest absolute Gasteiger partial charge is 0.282 e. The first-order valence-corrected chi connectivity index (χ1v) is 12.4. The summed E-state index contributed by atoms with van der Waals surface area (Å²) < 4.78 is 3.54. The Balaban J connectivity index is 1.64. The fourth-order valence-corrected chi connectivity index (χ4v) is 4.77. The van der Waals surface area contributed by atoms with Gasteiger partial charge in [0.25, 0.3) is 5.56 Å². The molecule has 9 heteroatoms. The molecule has 3 aromatic carbocycles. The van der Waals surface area contributed by atoms with Gasteiger partial charge in [-0.25, -0.2) is 0 Å².